The number of aromatic nitrogens is 1. The molecule has 0 unspecified atom stereocenters. The first kappa shape index (κ1) is 10.4. The second-order valence-corrected chi connectivity index (χ2v) is 3.22. The summed E-state index contributed by atoms with van der Waals surface area (Å²) >= 11 is 0. The van der Waals surface area contributed by atoms with E-state index >= 15 is 0 Å². The van der Waals surface area contributed by atoms with Crippen LogP contribution in [0.2, 0.25) is 0 Å². The largest absolute Gasteiger partial charge is 0.298 e. The van der Waals surface area contributed by atoms with Crippen molar-refractivity contribution in [3.8, 4) is 11.1 Å². The highest BCUT2D eigenvalue weighted by atomic mass is 19.1. The molecule has 4 heteroatoms. The molecule has 2 nitrogen and oxygen atoms in total. The topological polar surface area (TPSA) is 30.0 Å². The summed E-state index contributed by atoms with van der Waals surface area (Å²) < 4.78 is 25.8. The Balaban J connectivity index is 2.59. The molecule has 0 amide bonds. The molecular weight excluding hydrogens is 212 g/mol. The van der Waals surface area contributed by atoms with Gasteiger partial charge in [0.1, 0.15) is 5.82 Å². The summed E-state index contributed by atoms with van der Waals surface area (Å²) in [5, 5.41) is 0. The van der Waals surface area contributed by atoms with E-state index in [1.54, 1.807) is 6.07 Å². The Kier molecular flexibility index (Phi) is 2.72. The quantitative estimate of drug-likeness (QED) is 0.574. The van der Waals surface area contributed by atoms with Gasteiger partial charge in [0.25, 0.3) is 0 Å². The highest BCUT2D eigenvalue weighted by molar-refractivity contribution is 5.86. The Bertz CT molecular complexity index is 540. The number of benzene rings is 1. The van der Waals surface area contributed by atoms with Gasteiger partial charge in [-0.2, -0.15) is 4.39 Å². The zero-order valence-corrected chi connectivity index (χ0v) is 8.15. The molecule has 0 fully saturated rings. The number of rotatable bonds is 2. The summed E-state index contributed by atoms with van der Waals surface area (Å²) in [4.78, 5) is 14.2. The average molecular weight is 219 g/mol. The highest BCUT2D eigenvalue weighted by Crippen LogP contribution is 2.22. The third-order valence-corrected chi connectivity index (χ3v) is 2.17. The van der Waals surface area contributed by atoms with Gasteiger partial charge in [-0.1, -0.05) is 12.1 Å². The predicted octanol–water partition coefficient (Wildman–Crippen LogP) is 2.84. The van der Waals surface area contributed by atoms with Crippen molar-refractivity contribution in [1.29, 1.82) is 0 Å². The first-order valence-electron chi connectivity index (χ1n) is 4.57. The third kappa shape index (κ3) is 1.95. The smallest absolute Gasteiger partial charge is 0.213 e. The van der Waals surface area contributed by atoms with Crippen molar-refractivity contribution >= 4 is 6.29 Å². The van der Waals surface area contributed by atoms with Crippen molar-refractivity contribution in [3.05, 3.63) is 53.9 Å². The lowest BCUT2D eigenvalue weighted by molar-refractivity contribution is 0.112. The average Bonchev–Trinajstić information content (AvgIpc) is 2.28. The number of carbonyl (C=O) groups is 1. The van der Waals surface area contributed by atoms with Crippen molar-refractivity contribution in [1.82, 2.24) is 4.98 Å². The van der Waals surface area contributed by atoms with E-state index in [0.717, 1.165) is 6.07 Å². The van der Waals surface area contributed by atoms with Crippen molar-refractivity contribution in [2.75, 3.05) is 0 Å². The molecule has 1 aromatic heterocycles. The van der Waals surface area contributed by atoms with Crippen LogP contribution >= 0.6 is 0 Å². The Hall–Kier alpha value is -2.10. The van der Waals surface area contributed by atoms with Crippen molar-refractivity contribution < 1.29 is 13.6 Å². The number of pyridine rings is 1. The number of nitrogens with zero attached hydrogens (tertiary/aromatic N) is 1. The van der Waals surface area contributed by atoms with Crippen LogP contribution in [0.4, 0.5) is 8.78 Å². The van der Waals surface area contributed by atoms with E-state index in [0.29, 0.717) is 17.4 Å². The van der Waals surface area contributed by atoms with Gasteiger partial charge in [-0.25, -0.2) is 9.37 Å². The predicted molar refractivity (Wildman–Crippen MR) is 55.0 cm³/mol. The maximum absolute atomic E-state index is 13.0. The molecule has 0 atom stereocenters. The maximum Gasteiger partial charge on any atom is 0.213 e. The molecule has 0 aliphatic carbocycles. The minimum absolute atomic E-state index is 0.151. The molecule has 0 aliphatic heterocycles. The van der Waals surface area contributed by atoms with E-state index in [1.165, 1.54) is 24.4 Å². The number of carbonyl (C=O) groups excluding carboxylic acids is 1. The zero-order valence-electron chi connectivity index (χ0n) is 8.15. The molecule has 1 heterocycles. The molecule has 0 N–H and O–H groups in total. The highest BCUT2D eigenvalue weighted by Gasteiger charge is 2.07. The second kappa shape index (κ2) is 4.18. The van der Waals surface area contributed by atoms with Crippen LogP contribution in [0.1, 0.15) is 10.4 Å². The molecule has 1 aromatic carbocycles. The first-order valence-corrected chi connectivity index (χ1v) is 4.57. The van der Waals surface area contributed by atoms with Crippen LogP contribution < -0.4 is 0 Å². The molecular formula is C12H7F2NO. The molecule has 0 saturated heterocycles. The Morgan fingerprint density at radius 2 is 2.00 bits per heavy atom. The van der Waals surface area contributed by atoms with Gasteiger partial charge in [0, 0.05) is 23.4 Å². The lowest BCUT2D eigenvalue weighted by atomic mass is 10.0. The molecule has 0 saturated carbocycles. The van der Waals surface area contributed by atoms with Gasteiger partial charge < -0.3 is 0 Å². The van der Waals surface area contributed by atoms with E-state index in [1.807, 2.05) is 0 Å². The number of halogens is 2. The maximum atomic E-state index is 13.0. The van der Waals surface area contributed by atoms with Crippen LogP contribution in [0.15, 0.2) is 36.5 Å². The fourth-order valence-corrected chi connectivity index (χ4v) is 1.44. The van der Waals surface area contributed by atoms with Crippen LogP contribution in [-0.4, -0.2) is 11.3 Å². The fraction of sp³-hybridized carbons (Fsp3) is 0. The molecule has 0 bridgehead atoms. The van der Waals surface area contributed by atoms with Gasteiger partial charge in [0.2, 0.25) is 5.95 Å². The molecule has 0 radical (unpaired) electrons. The molecule has 80 valence electrons. The van der Waals surface area contributed by atoms with Crippen LogP contribution in [0.5, 0.6) is 0 Å². The Morgan fingerprint density at radius 3 is 2.69 bits per heavy atom. The van der Waals surface area contributed by atoms with Crippen molar-refractivity contribution in [2.24, 2.45) is 0 Å². The normalized spacial score (nSPS) is 10.1. The second-order valence-electron chi connectivity index (χ2n) is 3.22. The summed E-state index contributed by atoms with van der Waals surface area (Å²) in [7, 11) is 0. The summed E-state index contributed by atoms with van der Waals surface area (Å²) in [6.07, 6.45) is 1.73. The third-order valence-electron chi connectivity index (χ3n) is 2.17. The van der Waals surface area contributed by atoms with E-state index in [-0.39, 0.29) is 5.56 Å². The first-order chi connectivity index (χ1) is 7.70. The summed E-state index contributed by atoms with van der Waals surface area (Å²) in [6, 6.07) is 6.73. The fourth-order valence-electron chi connectivity index (χ4n) is 1.44. The van der Waals surface area contributed by atoms with Gasteiger partial charge >= 0.3 is 0 Å². The minimum atomic E-state index is -0.734. The van der Waals surface area contributed by atoms with Gasteiger partial charge in [-0.3, -0.25) is 4.79 Å². The molecule has 16 heavy (non-hydrogen) atoms. The molecule has 0 aliphatic rings. The van der Waals surface area contributed by atoms with Gasteiger partial charge in [-0.05, 0) is 17.7 Å². The van der Waals surface area contributed by atoms with Crippen LogP contribution in [0.3, 0.4) is 0 Å². The standard InChI is InChI=1S/C12H7F2NO/c13-10-3-1-2-8(4-10)11-6-15-12(14)5-9(11)7-16/h1-7H. The number of hydrogen-bond donors (Lipinski definition) is 0. The van der Waals surface area contributed by atoms with Crippen molar-refractivity contribution in [3.63, 3.8) is 0 Å². The Morgan fingerprint density at radius 1 is 1.19 bits per heavy atom. The van der Waals surface area contributed by atoms with Crippen LogP contribution in [0.25, 0.3) is 11.1 Å². The summed E-state index contributed by atoms with van der Waals surface area (Å²) in [5.41, 5.74) is 1.06. The van der Waals surface area contributed by atoms with E-state index in [4.69, 9.17) is 0 Å². The molecule has 2 rings (SSSR count). The van der Waals surface area contributed by atoms with Gasteiger partial charge in [-0.15, -0.1) is 0 Å². The lowest BCUT2D eigenvalue weighted by Crippen LogP contribution is -1.92. The zero-order chi connectivity index (χ0) is 11.5. The number of aldehydes is 1. The SMILES string of the molecule is O=Cc1cc(F)ncc1-c1cccc(F)c1. The van der Waals surface area contributed by atoms with E-state index in [2.05, 4.69) is 4.98 Å². The molecule has 0 spiro atoms. The lowest BCUT2D eigenvalue weighted by Gasteiger charge is -2.04. The minimum Gasteiger partial charge on any atom is -0.298 e. The van der Waals surface area contributed by atoms with Crippen LogP contribution in [0, 0.1) is 11.8 Å². The van der Waals surface area contributed by atoms with Crippen LogP contribution in [-0.2, 0) is 0 Å². The monoisotopic (exact) mass is 219 g/mol. The van der Waals surface area contributed by atoms with Gasteiger partial charge in [0.15, 0.2) is 6.29 Å². The van der Waals surface area contributed by atoms with Gasteiger partial charge in [0.05, 0.1) is 0 Å². The number of hydrogen-bond acceptors (Lipinski definition) is 2. The summed E-state index contributed by atoms with van der Waals surface area (Å²) in [5.74, 6) is -1.15. The molecule has 2 aromatic rings. The van der Waals surface area contributed by atoms with E-state index < -0.39 is 11.8 Å². The van der Waals surface area contributed by atoms with Crippen molar-refractivity contribution in [2.45, 2.75) is 0 Å². The Labute approximate surface area is 90.6 Å². The van der Waals surface area contributed by atoms with E-state index in [9.17, 15) is 13.6 Å². The summed E-state index contributed by atoms with van der Waals surface area (Å²) in [6.45, 7) is 0.